The van der Waals surface area contributed by atoms with Crippen molar-refractivity contribution in [1.29, 1.82) is 0 Å². The minimum atomic E-state index is 0.825. The van der Waals surface area contributed by atoms with Crippen LogP contribution in [0.25, 0.3) is 21.9 Å². The van der Waals surface area contributed by atoms with Crippen molar-refractivity contribution < 1.29 is 0 Å². The van der Waals surface area contributed by atoms with Crippen LogP contribution < -0.4 is 0 Å². The number of fused-ring (bicyclic) bond motifs is 4. The van der Waals surface area contributed by atoms with Gasteiger partial charge < -0.3 is 0 Å². The van der Waals surface area contributed by atoms with E-state index in [1.54, 1.807) is 11.8 Å². The largest absolute Gasteiger partial charge is 0.0864 e. The maximum Gasteiger partial charge on any atom is 0.0557 e. The van der Waals surface area contributed by atoms with Crippen molar-refractivity contribution >= 4 is 45.9 Å². The lowest BCUT2D eigenvalue weighted by molar-refractivity contribution is 1.18. The van der Waals surface area contributed by atoms with Gasteiger partial charge in [-0.25, -0.2) is 0 Å². The quantitative estimate of drug-likeness (QED) is 0.293. The standard InChI is InChI=1S/C22H13ClS2/c23-18-12-11-17(14-6-2-1-3-7-14)21-22(18)24-19-13-10-15-8-4-5-9-16(15)20(19)25-21/h1-13H. The molecule has 120 valence electrons. The lowest BCUT2D eigenvalue weighted by Crippen LogP contribution is -1.94. The Balaban J connectivity index is 1.75. The van der Waals surface area contributed by atoms with Gasteiger partial charge in [0.05, 0.1) is 5.02 Å². The zero-order valence-corrected chi connectivity index (χ0v) is 15.6. The van der Waals surface area contributed by atoms with E-state index in [4.69, 9.17) is 11.6 Å². The summed E-state index contributed by atoms with van der Waals surface area (Å²) in [5, 5.41) is 3.41. The van der Waals surface area contributed by atoms with Gasteiger partial charge in [0.2, 0.25) is 0 Å². The van der Waals surface area contributed by atoms with Gasteiger partial charge in [-0.1, -0.05) is 102 Å². The first kappa shape index (κ1) is 15.4. The van der Waals surface area contributed by atoms with Gasteiger partial charge in [-0.2, -0.15) is 0 Å². The van der Waals surface area contributed by atoms with E-state index in [2.05, 4.69) is 72.8 Å². The molecule has 0 nitrogen and oxygen atoms in total. The first-order valence-corrected chi connectivity index (χ1v) is 10.1. The van der Waals surface area contributed by atoms with Crippen LogP contribution in [0.4, 0.5) is 0 Å². The summed E-state index contributed by atoms with van der Waals surface area (Å²) in [7, 11) is 0. The second kappa shape index (κ2) is 6.14. The molecule has 0 aliphatic carbocycles. The van der Waals surface area contributed by atoms with E-state index in [9.17, 15) is 0 Å². The third-order valence-corrected chi connectivity index (χ3v) is 7.55. The maximum absolute atomic E-state index is 6.55. The summed E-state index contributed by atoms with van der Waals surface area (Å²) in [6, 6.07) is 27.7. The Kier molecular flexibility index (Phi) is 3.78. The minimum Gasteiger partial charge on any atom is -0.0864 e. The van der Waals surface area contributed by atoms with Gasteiger partial charge in [-0.3, -0.25) is 0 Å². The second-order valence-corrected chi connectivity index (χ2v) is 8.42. The molecule has 1 aliphatic heterocycles. The summed E-state index contributed by atoms with van der Waals surface area (Å²) in [4.78, 5) is 5.03. The van der Waals surface area contributed by atoms with E-state index in [1.165, 1.54) is 36.6 Å². The molecule has 0 fully saturated rings. The fourth-order valence-corrected chi connectivity index (χ4v) is 6.12. The zero-order chi connectivity index (χ0) is 16.8. The Labute approximate surface area is 160 Å². The smallest absolute Gasteiger partial charge is 0.0557 e. The molecule has 0 saturated carbocycles. The van der Waals surface area contributed by atoms with Crippen molar-refractivity contribution in [3.63, 3.8) is 0 Å². The molecule has 0 saturated heterocycles. The van der Waals surface area contributed by atoms with Crippen LogP contribution in [0.15, 0.2) is 98.4 Å². The normalized spacial score (nSPS) is 12.7. The topological polar surface area (TPSA) is 0 Å². The van der Waals surface area contributed by atoms with E-state index in [1.807, 2.05) is 17.8 Å². The predicted molar refractivity (Wildman–Crippen MR) is 109 cm³/mol. The van der Waals surface area contributed by atoms with Gasteiger partial charge in [-0.15, -0.1) is 0 Å². The van der Waals surface area contributed by atoms with E-state index >= 15 is 0 Å². The van der Waals surface area contributed by atoms with Crippen LogP contribution in [-0.4, -0.2) is 0 Å². The second-order valence-electron chi connectivity index (χ2n) is 5.94. The van der Waals surface area contributed by atoms with Crippen LogP contribution in [0.2, 0.25) is 5.02 Å². The van der Waals surface area contributed by atoms with Gasteiger partial charge in [-0.05, 0) is 34.0 Å². The number of halogens is 1. The van der Waals surface area contributed by atoms with Crippen molar-refractivity contribution in [3.8, 4) is 11.1 Å². The fraction of sp³-hybridized carbons (Fsp3) is 0. The molecule has 0 amide bonds. The summed E-state index contributed by atoms with van der Waals surface area (Å²) < 4.78 is 0. The molecule has 0 bridgehead atoms. The summed E-state index contributed by atoms with van der Waals surface area (Å²) in [5.41, 5.74) is 2.48. The average Bonchev–Trinajstić information content (AvgIpc) is 2.68. The Morgan fingerprint density at radius 2 is 1.40 bits per heavy atom. The number of hydrogen-bond donors (Lipinski definition) is 0. The van der Waals surface area contributed by atoms with Crippen LogP contribution in [0, 0.1) is 0 Å². The predicted octanol–water partition coefficient (Wildman–Crippen LogP) is 7.78. The molecule has 1 aliphatic rings. The highest BCUT2D eigenvalue weighted by Gasteiger charge is 2.24. The van der Waals surface area contributed by atoms with Crippen LogP contribution >= 0.6 is 35.1 Å². The maximum atomic E-state index is 6.55. The molecule has 0 unspecified atom stereocenters. The summed E-state index contributed by atoms with van der Waals surface area (Å²) >= 11 is 10.2. The molecule has 0 radical (unpaired) electrons. The number of rotatable bonds is 1. The molecule has 25 heavy (non-hydrogen) atoms. The lowest BCUT2D eigenvalue weighted by atomic mass is 10.1. The molecule has 0 N–H and O–H groups in total. The van der Waals surface area contributed by atoms with Crippen LogP contribution in [-0.2, 0) is 0 Å². The van der Waals surface area contributed by atoms with Crippen molar-refractivity contribution in [3.05, 3.63) is 83.9 Å². The zero-order valence-electron chi connectivity index (χ0n) is 13.2. The minimum absolute atomic E-state index is 0.825. The molecular weight excluding hydrogens is 364 g/mol. The first-order chi connectivity index (χ1) is 12.3. The Bertz CT molecular complexity index is 1100. The molecule has 0 spiro atoms. The van der Waals surface area contributed by atoms with E-state index in [0.29, 0.717) is 0 Å². The van der Waals surface area contributed by atoms with Crippen LogP contribution in [0.3, 0.4) is 0 Å². The Hall–Kier alpha value is -1.87. The third kappa shape index (κ3) is 2.56. The first-order valence-electron chi connectivity index (χ1n) is 8.06. The van der Waals surface area contributed by atoms with Gasteiger partial charge in [0.25, 0.3) is 0 Å². The summed E-state index contributed by atoms with van der Waals surface area (Å²) in [6.07, 6.45) is 0. The van der Waals surface area contributed by atoms with Crippen LogP contribution in [0.1, 0.15) is 0 Å². The molecule has 1 heterocycles. The molecular formula is C22H13ClS2. The molecule has 3 heteroatoms. The van der Waals surface area contributed by atoms with E-state index in [0.717, 1.165) is 9.92 Å². The highest BCUT2D eigenvalue weighted by molar-refractivity contribution is 8.05. The van der Waals surface area contributed by atoms with Gasteiger partial charge in [0.1, 0.15) is 0 Å². The highest BCUT2D eigenvalue weighted by Crippen LogP contribution is 2.55. The monoisotopic (exact) mass is 376 g/mol. The molecule has 0 aromatic heterocycles. The fourth-order valence-electron chi connectivity index (χ4n) is 3.20. The summed E-state index contributed by atoms with van der Waals surface area (Å²) in [6.45, 7) is 0. The Morgan fingerprint density at radius 3 is 2.28 bits per heavy atom. The number of benzene rings is 4. The summed E-state index contributed by atoms with van der Waals surface area (Å²) in [5.74, 6) is 0. The van der Waals surface area contributed by atoms with Crippen molar-refractivity contribution in [1.82, 2.24) is 0 Å². The lowest BCUT2D eigenvalue weighted by Gasteiger charge is -2.23. The van der Waals surface area contributed by atoms with Gasteiger partial charge >= 0.3 is 0 Å². The highest BCUT2D eigenvalue weighted by atomic mass is 35.5. The average molecular weight is 377 g/mol. The van der Waals surface area contributed by atoms with Gasteiger partial charge in [0, 0.05) is 19.6 Å². The SMILES string of the molecule is Clc1ccc(-c2ccccc2)c2c1Sc1ccc3ccccc3c1S2. The third-order valence-electron chi connectivity index (χ3n) is 4.41. The van der Waals surface area contributed by atoms with E-state index < -0.39 is 0 Å². The molecule has 0 atom stereocenters. The Morgan fingerprint density at radius 1 is 0.600 bits per heavy atom. The molecule has 5 rings (SSSR count). The van der Waals surface area contributed by atoms with Crippen LogP contribution in [0.5, 0.6) is 0 Å². The number of hydrogen-bond acceptors (Lipinski definition) is 2. The molecule has 4 aromatic rings. The van der Waals surface area contributed by atoms with Crippen molar-refractivity contribution in [2.45, 2.75) is 19.6 Å². The molecule has 4 aromatic carbocycles. The van der Waals surface area contributed by atoms with Gasteiger partial charge in [0.15, 0.2) is 0 Å². The van der Waals surface area contributed by atoms with Crippen molar-refractivity contribution in [2.24, 2.45) is 0 Å². The van der Waals surface area contributed by atoms with E-state index in [-0.39, 0.29) is 0 Å². The van der Waals surface area contributed by atoms with Crippen molar-refractivity contribution in [2.75, 3.05) is 0 Å².